The van der Waals surface area contributed by atoms with Crippen molar-refractivity contribution in [3.63, 3.8) is 0 Å². The summed E-state index contributed by atoms with van der Waals surface area (Å²) in [5.41, 5.74) is 0.337. The van der Waals surface area contributed by atoms with Gasteiger partial charge >= 0.3 is 0 Å². The van der Waals surface area contributed by atoms with E-state index in [1.165, 1.54) is 11.0 Å². The van der Waals surface area contributed by atoms with E-state index in [4.69, 9.17) is 4.52 Å². The van der Waals surface area contributed by atoms with Crippen molar-refractivity contribution in [2.45, 2.75) is 30.6 Å². The van der Waals surface area contributed by atoms with Crippen molar-refractivity contribution in [1.82, 2.24) is 15.0 Å². The first kappa shape index (κ1) is 20.6. The monoisotopic (exact) mass is 425 g/mol. The fraction of sp³-hybridized carbons (Fsp3) is 0.348. The predicted molar refractivity (Wildman–Crippen MR) is 114 cm³/mol. The van der Waals surface area contributed by atoms with Crippen LogP contribution >= 0.6 is 11.8 Å². The van der Waals surface area contributed by atoms with Gasteiger partial charge in [-0.3, -0.25) is 4.79 Å². The van der Waals surface area contributed by atoms with Gasteiger partial charge in [0, 0.05) is 36.6 Å². The predicted octanol–water partition coefficient (Wildman–Crippen LogP) is 4.84. The maximum Gasteiger partial charge on any atom is 0.227 e. The Balaban J connectivity index is 1.29. The van der Waals surface area contributed by atoms with Crippen molar-refractivity contribution >= 4 is 17.7 Å². The van der Waals surface area contributed by atoms with Crippen LogP contribution in [0.2, 0.25) is 0 Å². The van der Waals surface area contributed by atoms with E-state index in [9.17, 15) is 9.18 Å². The summed E-state index contributed by atoms with van der Waals surface area (Å²) in [6, 6.07) is 16.5. The smallest absolute Gasteiger partial charge is 0.227 e. The lowest BCUT2D eigenvalue weighted by Gasteiger charge is -2.32. The topological polar surface area (TPSA) is 59.2 Å². The van der Waals surface area contributed by atoms with E-state index in [0.29, 0.717) is 30.8 Å². The van der Waals surface area contributed by atoms with E-state index in [0.717, 1.165) is 25.1 Å². The molecule has 1 aromatic heterocycles. The molecule has 1 atom stereocenters. The van der Waals surface area contributed by atoms with Crippen LogP contribution in [0, 0.1) is 11.7 Å². The molecule has 0 saturated carbocycles. The largest absolute Gasteiger partial charge is 0.342 e. The van der Waals surface area contributed by atoms with Crippen molar-refractivity contribution in [3.8, 4) is 11.4 Å². The third-order valence-electron chi connectivity index (χ3n) is 5.25. The number of rotatable bonds is 7. The maximum atomic E-state index is 13.9. The number of hydrogen-bond donors (Lipinski definition) is 0. The van der Waals surface area contributed by atoms with E-state index in [1.807, 2.05) is 23.1 Å². The minimum atomic E-state index is -0.368. The van der Waals surface area contributed by atoms with Crippen LogP contribution in [0.1, 0.15) is 25.2 Å². The number of likely N-dealkylation sites (tertiary alicyclic amines) is 1. The van der Waals surface area contributed by atoms with Crippen molar-refractivity contribution < 1.29 is 13.7 Å². The van der Waals surface area contributed by atoms with Crippen molar-refractivity contribution in [2.24, 2.45) is 5.92 Å². The molecule has 30 heavy (non-hydrogen) atoms. The summed E-state index contributed by atoms with van der Waals surface area (Å²) < 4.78 is 19.3. The van der Waals surface area contributed by atoms with Crippen LogP contribution in [-0.2, 0) is 11.2 Å². The molecule has 1 unspecified atom stereocenters. The Labute approximate surface area is 179 Å². The molecule has 3 aromatic rings. The molecule has 0 N–H and O–H groups in total. The number of hydrogen-bond acceptors (Lipinski definition) is 5. The number of halogens is 1. The fourth-order valence-electron chi connectivity index (χ4n) is 3.73. The normalized spacial score (nSPS) is 16.6. The standard InChI is InChI=1S/C23H24FN3O2S/c24-20-11-5-4-10-19(20)23-25-21(29-26-23)15-17-7-6-13-27(16-17)22(28)12-14-30-18-8-2-1-3-9-18/h1-5,8-11,17H,6-7,12-16H2. The summed E-state index contributed by atoms with van der Waals surface area (Å²) >= 11 is 1.71. The Hall–Kier alpha value is -2.67. The van der Waals surface area contributed by atoms with E-state index >= 15 is 0 Å². The molecule has 1 fully saturated rings. The van der Waals surface area contributed by atoms with Gasteiger partial charge in [-0.15, -0.1) is 11.8 Å². The average molecular weight is 426 g/mol. The Morgan fingerprint density at radius 2 is 1.97 bits per heavy atom. The number of benzene rings is 2. The third-order valence-corrected chi connectivity index (χ3v) is 6.26. The van der Waals surface area contributed by atoms with Crippen LogP contribution < -0.4 is 0 Å². The first-order valence-electron chi connectivity index (χ1n) is 10.2. The number of carbonyl (C=O) groups is 1. The van der Waals surface area contributed by atoms with Crippen LogP contribution in [0.3, 0.4) is 0 Å². The van der Waals surface area contributed by atoms with Gasteiger partial charge in [-0.25, -0.2) is 4.39 Å². The Morgan fingerprint density at radius 1 is 1.17 bits per heavy atom. The van der Waals surface area contributed by atoms with Crippen molar-refractivity contribution in [2.75, 3.05) is 18.8 Å². The van der Waals surface area contributed by atoms with Gasteiger partial charge in [0.15, 0.2) is 0 Å². The molecule has 0 spiro atoms. The highest BCUT2D eigenvalue weighted by Crippen LogP contribution is 2.24. The first-order chi connectivity index (χ1) is 14.7. The number of piperidine rings is 1. The molecule has 2 aromatic carbocycles. The van der Waals surface area contributed by atoms with Crippen LogP contribution in [0.5, 0.6) is 0 Å². The molecule has 5 nitrogen and oxygen atoms in total. The number of amides is 1. The van der Waals surface area contributed by atoms with Crippen molar-refractivity contribution in [3.05, 3.63) is 66.3 Å². The zero-order chi connectivity index (χ0) is 20.8. The van der Waals surface area contributed by atoms with Crippen molar-refractivity contribution in [1.29, 1.82) is 0 Å². The summed E-state index contributed by atoms with van der Waals surface area (Å²) in [5, 5.41) is 3.93. The van der Waals surface area contributed by atoms with Gasteiger partial charge in [-0.2, -0.15) is 4.98 Å². The van der Waals surface area contributed by atoms with Crippen LogP contribution in [0.15, 0.2) is 64.0 Å². The second-order valence-electron chi connectivity index (χ2n) is 7.46. The lowest BCUT2D eigenvalue weighted by Crippen LogP contribution is -2.40. The average Bonchev–Trinajstić information content (AvgIpc) is 3.23. The summed E-state index contributed by atoms with van der Waals surface area (Å²) in [6.07, 6.45) is 3.12. The summed E-state index contributed by atoms with van der Waals surface area (Å²) in [7, 11) is 0. The highest BCUT2D eigenvalue weighted by atomic mass is 32.2. The molecular weight excluding hydrogens is 401 g/mol. The minimum Gasteiger partial charge on any atom is -0.342 e. The molecule has 0 bridgehead atoms. The Bertz CT molecular complexity index is 979. The lowest BCUT2D eigenvalue weighted by atomic mass is 9.94. The molecule has 7 heteroatoms. The highest BCUT2D eigenvalue weighted by molar-refractivity contribution is 7.99. The van der Waals surface area contributed by atoms with Gasteiger partial charge in [0.2, 0.25) is 17.6 Å². The summed E-state index contributed by atoms with van der Waals surface area (Å²) in [4.78, 5) is 20.1. The van der Waals surface area contributed by atoms with Crippen LogP contribution in [0.25, 0.3) is 11.4 Å². The Kier molecular flexibility index (Phi) is 6.79. The van der Waals surface area contributed by atoms with Gasteiger partial charge in [0.25, 0.3) is 0 Å². The molecule has 1 aliphatic rings. The lowest BCUT2D eigenvalue weighted by molar-refractivity contribution is -0.132. The minimum absolute atomic E-state index is 0.195. The van der Waals surface area contributed by atoms with Crippen LogP contribution in [0.4, 0.5) is 4.39 Å². The van der Waals surface area contributed by atoms with E-state index in [2.05, 4.69) is 22.3 Å². The molecule has 0 aliphatic carbocycles. The summed E-state index contributed by atoms with van der Waals surface area (Å²) in [6.45, 7) is 1.50. The zero-order valence-corrected chi connectivity index (χ0v) is 17.5. The van der Waals surface area contributed by atoms with Gasteiger partial charge < -0.3 is 9.42 Å². The van der Waals surface area contributed by atoms with E-state index in [1.54, 1.807) is 30.0 Å². The Morgan fingerprint density at radius 3 is 2.80 bits per heavy atom. The maximum absolute atomic E-state index is 13.9. The van der Waals surface area contributed by atoms with Gasteiger partial charge in [0.1, 0.15) is 5.82 Å². The first-order valence-corrected chi connectivity index (χ1v) is 11.2. The molecule has 4 rings (SSSR count). The van der Waals surface area contributed by atoms with Gasteiger partial charge in [-0.05, 0) is 43.0 Å². The van der Waals surface area contributed by atoms with E-state index in [-0.39, 0.29) is 23.5 Å². The molecule has 1 amide bonds. The van der Waals surface area contributed by atoms with E-state index < -0.39 is 0 Å². The molecular formula is C23H24FN3O2S. The number of thioether (sulfide) groups is 1. The molecule has 1 aliphatic heterocycles. The van der Waals surface area contributed by atoms with Crippen LogP contribution in [-0.4, -0.2) is 39.8 Å². The number of carbonyl (C=O) groups excluding carboxylic acids is 1. The third kappa shape index (κ3) is 5.27. The van der Waals surface area contributed by atoms with Gasteiger partial charge in [0.05, 0.1) is 5.56 Å². The highest BCUT2D eigenvalue weighted by Gasteiger charge is 2.25. The number of nitrogens with zero attached hydrogens (tertiary/aromatic N) is 3. The fourth-order valence-corrected chi connectivity index (χ4v) is 4.59. The van der Waals surface area contributed by atoms with Gasteiger partial charge in [-0.1, -0.05) is 35.5 Å². The molecule has 2 heterocycles. The molecule has 0 radical (unpaired) electrons. The number of aromatic nitrogens is 2. The zero-order valence-electron chi connectivity index (χ0n) is 16.7. The SMILES string of the molecule is O=C(CCSc1ccccc1)N1CCCC(Cc2nc(-c3ccccc3F)no2)C1. The molecule has 156 valence electrons. The second-order valence-corrected chi connectivity index (χ2v) is 8.62. The summed E-state index contributed by atoms with van der Waals surface area (Å²) in [5.74, 6) is 1.64. The molecule has 1 saturated heterocycles. The second kappa shape index (κ2) is 9.89. The quantitative estimate of drug-likeness (QED) is 0.507.